The summed E-state index contributed by atoms with van der Waals surface area (Å²) in [4.78, 5) is -0.0926. The predicted octanol–water partition coefficient (Wildman–Crippen LogP) is 5.21. The first-order valence-corrected chi connectivity index (χ1v) is 11.8. The van der Waals surface area contributed by atoms with Gasteiger partial charge in [-0.05, 0) is 85.4 Å². The van der Waals surface area contributed by atoms with Gasteiger partial charge in [-0.15, -0.1) is 0 Å². The fraction of sp³-hybridized carbons (Fsp3) is 0.478. The fourth-order valence-electron chi connectivity index (χ4n) is 5.47. The smallest absolute Gasteiger partial charge is 0.396 e. The van der Waals surface area contributed by atoms with Gasteiger partial charge in [-0.3, -0.25) is 0 Å². The van der Waals surface area contributed by atoms with E-state index in [9.17, 15) is 35.5 Å². The molecule has 0 saturated heterocycles. The zero-order valence-electron chi connectivity index (χ0n) is 17.3. The van der Waals surface area contributed by atoms with Crippen LogP contribution in [-0.2, 0) is 26.7 Å². The minimum Gasteiger partial charge on any atom is -0.396 e. The normalized spacial score (nSPS) is 27.5. The van der Waals surface area contributed by atoms with Gasteiger partial charge in [0.1, 0.15) is 10.6 Å². The molecule has 2 aliphatic carbocycles. The van der Waals surface area contributed by atoms with Gasteiger partial charge in [0.05, 0.1) is 4.90 Å². The standard InChI is InChI=1S/C23H23F5O3S/c1-21(25,23(26,27)28)16-3-9-19-14(12-16)2-8-20-15(13-29)10-11-22(19,20)32(30,31)18-6-4-17(24)5-7-18/h3-7,9,12,15,20,29H,2,8,10-11,13H2,1H3/t15-,20-,21?,22+/m0/s1. The van der Waals surface area contributed by atoms with E-state index >= 15 is 0 Å². The van der Waals surface area contributed by atoms with Gasteiger partial charge in [-0.2, -0.15) is 13.2 Å². The van der Waals surface area contributed by atoms with Crippen LogP contribution in [0.25, 0.3) is 0 Å². The zero-order chi connectivity index (χ0) is 23.5. The van der Waals surface area contributed by atoms with Gasteiger partial charge in [0.15, 0.2) is 9.84 Å². The molecule has 0 spiro atoms. The fourth-order valence-corrected chi connectivity index (χ4v) is 7.97. The predicted molar refractivity (Wildman–Crippen MR) is 108 cm³/mol. The van der Waals surface area contributed by atoms with E-state index in [1.807, 2.05) is 0 Å². The molecule has 0 heterocycles. The second-order valence-electron chi connectivity index (χ2n) is 8.85. The molecule has 0 bridgehead atoms. The number of aliphatic hydroxyl groups excluding tert-OH is 1. The maximum absolute atomic E-state index is 14.6. The van der Waals surface area contributed by atoms with E-state index in [0.717, 1.165) is 24.3 Å². The van der Waals surface area contributed by atoms with Gasteiger partial charge < -0.3 is 5.11 Å². The van der Waals surface area contributed by atoms with Gasteiger partial charge in [-0.1, -0.05) is 18.2 Å². The van der Waals surface area contributed by atoms with Crippen LogP contribution >= 0.6 is 0 Å². The quantitative estimate of drug-likeness (QED) is 0.489. The molecule has 3 nitrogen and oxygen atoms in total. The van der Waals surface area contributed by atoms with Crippen LogP contribution in [0.15, 0.2) is 47.4 Å². The van der Waals surface area contributed by atoms with Crippen molar-refractivity contribution in [2.24, 2.45) is 11.8 Å². The lowest BCUT2D eigenvalue weighted by molar-refractivity contribution is -0.228. The van der Waals surface area contributed by atoms with Crippen molar-refractivity contribution in [1.29, 1.82) is 0 Å². The molecule has 32 heavy (non-hydrogen) atoms. The van der Waals surface area contributed by atoms with Crippen LogP contribution in [0.3, 0.4) is 0 Å². The van der Waals surface area contributed by atoms with Crippen molar-refractivity contribution >= 4 is 9.84 Å². The topological polar surface area (TPSA) is 54.4 Å². The highest BCUT2D eigenvalue weighted by Gasteiger charge is 2.60. The Morgan fingerprint density at radius 1 is 1.06 bits per heavy atom. The third-order valence-electron chi connectivity index (χ3n) is 7.25. The largest absolute Gasteiger partial charge is 0.426 e. The Kier molecular flexibility index (Phi) is 5.44. The molecule has 1 N–H and O–H groups in total. The molecule has 4 rings (SSSR count). The Morgan fingerprint density at radius 3 is 2.31 bits per heavy atom. The summed E-state index contributed by atoms with van der Waals surface area (Å²) >= 11 is 0. The first kappa shape index (κ1) is 23.2. The summed E-state index contributed by atoms with van der Waals surface area (Å²) in [7, 11) is -4.10. The van der Waals surface area contributed by atoms with Crippen LogP contribution in [0.4, 0.5) is 22.0 Å². The van der Waals surface area contributed by atoms with E-state index in [1.165, 1.54) is 18.2 Å². The molecule has 9 heteroatoms. The molecule has 0 amide bonds. The molecule has 2 aromatic carbocycles. The Balaban J connectivity index is 1.92. The number of hydrogen-bond donors (Lipinski definition) is 1. The molecule has 0 aliphatic heterocycles. The number of aliphatic hydroxyl groups is 1. The van der Waals surface area contributed by atoms with Crippen molar-refractivity contribution in [2.45, 2.75) is 54.1 Å². The summed E-state index contributed by atoms with van der Waals surface area (Å²) < 4.78 is 94.1. The van der Waals surface area contributed by atoms with Gasteiger partial charge in [0.2, 0.25) is 5.67 Å². The minimum absolute atomic E-state index is 0.0926. The lowest BCUT2D eigenvalue weighted by Crippen LogP contribution is -2.45. The second-order valence-corrected chi connectivity index (χ2v) is 11.1. The zero-order valence-corrected chi connectivity index (χ0v) is 18.1. The monoisotopic (exact) mass is 474 g/mol. The number of halogens is 5. The van der Waals surface area contributed by atoms with E-state index < -0.39 is 43.7 Å². The van der Waals surface area contributed by atoms with Crippen molar-refractivity contribution in [1.82, 2.24) is 0 Å². The Hall–Kier alpha value is -2.00. The number of sulfone groups is 1. The first-order valence-electron chi connectivity index (χ1n) is 10.4. The Labute approximate surface area is 183 Å². The summed E-state index contributed by atoms with van der Waals surface area (Å²) in [6, 6.07) is 7.85. The highest BCUT2D eigenvalue weighted by atomic mass is 32.2. The van der Waals surface area contributed by atoms with Gasteiger partial charge in [0, 0.05) is 6.61 Å². The van der Waals surface area contributed by atoms with Crippen LogP contribution in [0.1, 0.15) is 42.9 Å². The van der Waals surface area contributed by atoms with Crippen molar-refractivity contribution in [2.75, 3.05) is 6.61 Å². The van der Waals surface area contributed by atoms with E-state index in [1.54, 1.807) is 0 Å². The summed E-state index contributed by atoms with van der Waals surface area (Å²) in [6.45, 7) is 0.234. The molecule has 2 aliphatic rings. The number of aryl methyl sites for hydroxylation is 1. The maximum Gasteiger partial charge on any atom is 0.426 e. The molecule has 2 aromatic rings. The first-order chi connectivity index (χ1) is 14.9. The number of benzene rings is 2. The lowest BCUT2D eigenvalue weighted by atomic mass is 9.73. The highest BCUT2D eigenvalue weighted by molar-refractivity contribution is 7.92. The van der Waals surface area contributed by atoms with Crippen molar-refractivity contribution in [3.8, 4) is 0 Å². The number of alkyl halides is 4. The molecule has 4 atom stereocenters. The maximum atomic E-state index is 14.6. The molecule has 1 saturated carbocycles. The number of hydrogen-bond acceptors (Lipinski definition) is 3. The molecule has 0 aromatic heterocycles. The molecule has 0 radical (unpaired) electrons. The Bertz CT molecular complexity index is 1130. The number of rotatable bonds is 4. The number of fused-ring (bicyclic) bond motifs is 3. The highest BCUT2D eigenvalue weighted by Crippen LogP contribution is 2.59. The van der Waals surface area contributed by atoms with Crippen molar-refractivity contribution in [3.63, 3.8) is 0 Å². The molecule has 1 unspecified atom stereocenters. The van der Waals surface area contributed by atoms with E-state index in [0.29, 0.717) is 30.9 Å². The summed E-state index contributed by atoms with van der Waals surface area (Å²) in [5, 5.41) is 9.86. The molecular weight excluding hydrogens is 451 g/mol. The van der Waals surface area contributed by atoms with E-state index in [2.05, 4.69) is 0 Å². The summed E-state index contributed by atoms with van der Waals surface area (Å²) in [5.41, 5.74) is -3.45. The van der Waals surface area contributed by atoms with Crippen molar-refractivity contribution in [3.05, 3.63) is 65.0 Å². The van der Waals surface area contributed by atoms with Gasteiger partial charge >= 0.3 is 6.18 Å². The van der Waals surface area contributed by atoms with Crippen LogP contribution in [0, 0.1) is 17.7 Å². The average Bonchev–Trinajstić information content (AvgIpc) is 3.13. The van der Waals surface area contributed by atoms with Crippen LogP contribution < -0.4 is 0 Å². The van der Waals surface area contributed by atoms with E-state index in [4.69, 9.17) is 0 Å². The second kappa shape index (κ2) is 7.52. The van der Waals surface area contributed by atoms with E-state index in [-0.39, 0.29) is 30.3 Å². The molecule has 1 fully saturated rings. The Morgan fingerprint density at radius 2 is 1.72 bits per heavy atom. The van der Waals surface area contributed by atoms with Crippen LogP contribution in [0.5, 0.6) is 0 Å². The third-order valence-corrected chi connectivity index (χ3v) is 9.83. The third kappa shape index (κ3) is 3.19. The van der Waals surface area contributed by atoms with Gasteiger partial charge in [-0.25, -0.2) is 17.2 Å². The average molecular weight is 474 g/mol. The van der Waals surface area contributed by atoms with Crippen LogP contribution in [-0.4, -0.2) is 26.3 Å². The van der Waals surface area contributed by atoms with Crippen molar-refractivity contribution < 1.29 is 35.5 Å². The minimum atomic E-state index is -5.12. The lowest BCUT2D eigenvalue weighted by Gasteiger charge is -2.42. The molecular formula is C23H23F5O3S. The van der Waals surface area contributed by atoms with Gasteiger partial charge in [0.25, 0.3) is 0 Å². The summed E-state index contributed by atoms with van der Waals surface area (Å²) in [5.74, 6) is -1.35. The SMILES string of the molecule is CC(F)(c1ccc2c(c1)CC[C@H]1[C@H](CO)CC[C@@]21S(=O)(=O)c1ccc(F)cc1)C(F)(F)F. The van der Waals surface area contributed by atoms with Crippen LogP contribution in [0.2, 0.25) is 0 Å². The molecule has 174 valence electrons. The summed E-state index contributed by atoms with van der Waals surface area (Å²) in [6.07, 6.45) is -3.92.